The maximum atomic E-state index is 10.9. The zero-order valence-corrected chi connectivity index (χ0v) is 14.2. The highest BCUT2D eigenvalue weighted by Gasteiger charge is 2.00. The normalized spacial score (nSPS) is 11.8. The summed E-state index contributed by atoms with van der Waals surface area (Å²) in [6, 6.07) is 17.2. The molecule has 0 atom stereocenters. The Kier molecular flexibility index (Phi) is 4.69. The summed E-state index contributed by atoms with van der Waals surface area (Å²) in [7, 11) is -2.80. The summed E-state index contributed by atoms with van der Waals surface area (Å²) in [6.45, 7) is 0. The molecule has 0 bridgehead atoms. The van der Waals surface area contributed by atoms with Crippen LogP contribution in [-0.2, 0) is 10.1 Å². The molecule has 0 aliphatic carbocycles. The van der Waals surface area contributed by atoms with Crippen LogP contribution in [0.2, 0.25) is 0 Å². The minimum atomic E-state index is -4.43. The highest BCUT2D eigenvalue weighted by molar-refractivity contribution is 7.85. The zero-order chi connectivity index (χ0) is 17.9. The highest BCUT2D eigenvalue weighted by Crippen LogP contribution is 2.21. The van der Waals surface area contributed by atoms with Crippen LogP contribution in [0.15, 0.2) is 70.7 Å². The van der Waals surface area contributed by atoms with Gasteiger partial charge in [0.25, 0.3) is 0 Å². The van der Waals surface area contributed by atoms with Crippen LogP contribution in [0.5, 0.6) is 5.75 Å². The summed E-state index contributed by atoms with van der Waals surface area (Å²) in [5.74, 6) is 0.805. The smallest absolute Gasteiger partial charge is 0.124 e. The van der Waals surface area contributed by atoms with E-state index < -0.39 is 10.1 Å². The lowest BCUT2D eigenvalue weighted by molar-refractivity contribution is 0.415. The van der Waals surface area contributed by atoms with Gasteiger partial charge in [0.1, 0.15) is 15.9 Å². The number of nitrogens with zero attached hydrogens (tertiary/aromatic N) is 1. The molecule has 0 aliphatic rings. The van der Waals surface area contributed by atoms with E-state index in [-0.39, 0.29) is 4.90 Å². The van der Waals surface area contributed by atoms with Gasteiger partial charge in [0.2, 0.25) is 0 Å². The van der Waals surface area contributed by atoms with E-state index in [1.54, 1.807) is 13.3 Å². The van der Waals surface area contributed by atoms with Crippen molar-refractivity contribution in [2.45, 2.75) is 4.90 Å². The summed E-state index contributed by atoms with van der Waals surface area (Å²) in [5.41, 5.74) is 4.28. The van der Waals surface area contributed by atoms with E-state index in [0.29, 0.717) is 5.69 Å². The maximum absolute atomic E-state index is 10.9. The third-order valence-corrected chi connectivity index (χ3v) is 4.47. The van der Waals surface area contributed by atoms with Crippen molar-refractivity contribution in [2.24, 2.45) is 5.10 Å². The van der Waals surface area contributed by atoms with Crippen LogP contribution < -0.4 is 10.2 Å². The second-order valence-corrected chi connectivity index (χ2v) is 6.70. The molecule has 0 amide bonds. The van der Waals surface area contributed by atoms with E-state index in [9.17, 15) is 13.0 Å². The van der Waals surface area contributed by atoms with E-state index >= 15 is 0 Å². The van der Waals surface area contributed by atoms with Gasteiger partial charge in [0, 0.05) is 0 Å². The van der Waals surface area contributed by atoms with Crippen molar-refractivity contribution in [1.82, 2.24) is 0 Å². The second kappa shape index (κ2) is 6.92. The molecule has 0 aromatic heterocycles. The third kappa shape index (κ3) is 4.14. The lowest BCUT2D eigenvalue weighted by Crippen LogP contribution is -1.98. The first-order valence-corrected chi connectivity index (χ1v) is 8.79. The molecular formula is C18H15N2O4S-. The van der Waals surface area contributed by atoms with Crippen LogP contribution in [0, 0.1) is 0 Å². The van der Waals surface area contributed by atoms with Crippen molar-refractivity contribution in [3.63, 3.8) is 0 Å². The van der Waals surface area contributed by atoms with Crippen LogP contribution in [0.1, 0.15) is 5.56 Å². The van der Waals surface area contributed by atoms with Gasteiger partial charge in [0.05, 0.1) is 23.9 Å². The lowest BCUT2D eigenvalue weighted by Gasteiger charge is -2.07. The average Bonchev–Trinajstić information content (AvgIpc) is 2.61. The van der Waals surface area contributed by atoms with Crippen molar-refractivity contribution >= 4 is 32.8 Å². The number of methoxy groups -OCH3 is 1. The van der Waals surface area contributed by atoms with Crippen molar-refractivity contribution < 1.29 is 17.7 Å². The SMILES string of the molecule is COc1ccc2cc(C=NNc3ccc(S(=O)(=O)[O-])cc3)ccc2c1. The van der Waals surface area contributed by atoms with Gasteiger partial charge in [-0.15, -0.1) is 0 Å². The van der Waals surface area contributed by atoms with E-state index in [1.165, 1.54) is 24.3 Å². The Labute approximate surface area is 145 Å². The zero-order valence-electron chi connectivity index (χ0n) is 13.3. The van der Waals surface area contributed by atoms with Crippen molar-refractivity contribution in [3.05, 3.63) is 66.2 Å². The Hall–Kier alpha value is -2.90. The molecule has 1 N–H and O–H groups in total. The topological polar surface area (TPSA) is 90.8 Å². The molecule has 3 rings (SSSR count). The Morgan fingerprint density at radius 3 is 2.36 bits per heavy atom. The molecule has 0 spiro atoms. The molecule has 0 radical (unpaired) electrons. The number of benzene rings is 3. The van der Waals surface area contributed by atoms with E-state index in [1.807, 2.05) is 36.4 Å². The summed E-state index contributed by atoms with van der Waals surface area (Å²) < 4.78 is 37.8. The fraction of sp³-hybridized carbons (Fsp3) is 0.0556. The van der Waals surface area contributed by atoms with Crippen LogP contribution in [0.25, 0.3) is 10.8 Å². The number of nitrogens with one attached hydrogen (secondary N) is 1. The van der Waals surface area contributed by atoms with Gasteiger partial charge in [-0.1, -0.05) is 18.2 Å². The maximum Gasteiger partial charge on any atom is 0.124 e. The Bertz CT molecular complexity index is 1030. The van der Waals surface area contributed by atoms with Gasteiger partial charge in [-0.05, 0) is 58.8 Å². The van der Waals surface area contributed by atoms with Gasteiger partial charge in [-0.3, -0.25) is 5.43 Å². The van der Waals surface area contributed by atoms with Crippen LogP contribution >= 0.6 is 0 Å². The standard InChI is InChI=1S/C18H16N2O4S/c1-24-17-7-4-14-10-13(2-3-15(14)11-17)12-19-20-16-5-8-18(9-6-16)25(21,22)23/h2-12,20H,1H3,(H,21,22,23)/p-1. The largest absolute Gasteiger partial charge is 0.744 e. The Balaban J connectivity index is 1.72. The number of hydrogen-bond donors (Lipinski definition) is 1. The van der Waals surface area contributed by atoms with Gasteiger partial charge in [0.15, 0.2) is 0 Å². The van der Waals surface area contributed by atoms with Crippen LogP contribution in [-0.4, -0.2) is 26.3 Å². The third-order valence-electron chi connectivity index (χ3n) is 3.62. The number of ether oxygens (including phenoxy) is 1. The fourth-order valence-corrected chi connectivity index (χ4v) is 2.80. The first-order valence-electron chi connectivity index (χ1n) is 7.38. The number of anilines is 1. The predicted molar refractivity (Wildman–Crippen MR) is 96.1 cm³/mol. The molecule has 0 saturated carbocycles. The van der Waals surface area contributed by atoms with Gasteiger partial charge >= 0.3 is 0 Å². The van der Waals surface area contributed by atoms with E-state index in [2.05, 4.69) is 10.5 Å². The Morgan fingerprint density at radius 2 is 1.68 bits per heavy atom. The quantitative estimate of drug-likeness (QED) is 0.431. The number of rotatable bonds is 5. The van der Waals surface area contributed by atoms with Crippen molar-refractivity contribution in [1.29, 1.82) is 0 Å². The summed E-state index contributed by atoms with van der Waals surface area (Å²) in [5, 5.41) is 6.25. The number of hydrogen-bond acceptors (Lipinski definition) is 6. The Morgan fingerprint density at radius 1 is 1.00 bits per heavy atom. The second-order valence-electron chi connectivity index (χ2n) is 5.32. The molecule has 0 unspecified atom stereocenters. The van der Waals surface area contributed by atoms with E-state index in [4.69, 9.17) is 4.74 Å². The first-order chi connectivity index (χ1) is 12.0. The van der Waals surface area contributed by atoms with Gasteiger partial charge < -0.3 is 9.29 Å². The summed E-state index contributed by atoms with van der Waals surface area (Å²) in [4.78, 5) is -0.271. The lowest BCUT2D eigenvalue weighted by atomic mass is 10.1. The first kappa shape index (κ1) is 16.9. The molecule has 6 nitrogen and oxygen atoms in total. The highest BCUT2D eigenvalue weighted by atomic mass is 32.2. The van der Waals surface area contributed by atoms with Crippen LogP contribution in [0.4, 0.5) is 5.69 Å². The number of hydrazone groups is 1. The van der Waals surface area contributed by atoms with Crippen molar-refractivity contribution in [2.75, 3.05) is 12.5 Å². The minimum absolute atomic E-state index is 0.271. The monoisotopic (exact) mass is 355 g/mol. The molecular weight excluding hydrogens is 340 g/mol. The molecule has 7 heteroatoms. The van der Waals surface area contributed by atoms with Gasteiger partial charge in [-0.25, -0.2) is 8.42 Å². The van der Waals surface area contributed by atoms with Crippen LogP contribution in [0.3, 0.4) is 0 Å². The van der Waals surface area contributed by atoms with Gasteiger partial charge in [-0.2, -0.15) is 5.10 Å². The van der Waals surface area contributed by atoms with E-state index in [0.717, 1.165) is 22.1 Å². The molecule has 0 saturated heterocycles. The molecule has 0 aliphatic heterocycles. The summed E-state index contributed by atoms with van der Waals surface area (Å²) in [6.07, 6.45) is 1.65. The molecule has 3 aromatic carbocycles. The molecule has 0 heterocycles. The number of fused-ring (bicyclic) bond motifs is 1. The minimum Gasteiger partial charge on any atom is -0.744 e. The average molecular weight is 355 g/mol. The molecule has 128 valence electrons. The fourth-order valence-electron chi connectivity index (χ4n) is 2.33. The van der Waals surface area contributed by atoms with Crippen molar-refractivity contribution in [3.8, 4) is 5.75 Å². The predicted octanol–water partition coefficient (Wildman–Crippen LogP) is 3.20. The molecule has 0 fully saturated rings. The molecule has 3 aromatic rings. The summed E-state index contributed by atoms with van der Waals surface area (Å²) >= 11 is 0. The molecule has 25 heavy (non-hydrogen) atoms.